The Balaban J connectivity index is 3.20. The second kappa shape index (κ2) is 7.18. The van der Waals surface area contributed by atoms with Crippen molar-refractivity contribution in [3.8, 4) is 11.8 Å². The Morgan fingerprint density at radius 3 is 2.57 bits per heavy atom. The molecule has 114 valence electrons. The Labute approximate surface area is 124 Å². The molecule has 0 fully saturated rings. The van der Waals surface area contributed by atoms with Gasteiger partial charge in [-0.3, -0.25) is 4.79 Å². The third-order valence-corrected chi connectivity index (χ3v) is 2.73. The van der Waals surface area contributed by atoms with Crippen LogP contribution < -0.4 is 4.74 Å². The molecule has 0 radical (unpaired) electrons. The largest absolute Gasteiger partial charge is 0.573 e. The molecule has 0 aliphatic heterocycles. The second-order valence-corrected chi connectivity index (χ2v) is 4.12. The van der Waals surface area contributed by atoms with Gasteiger partial charge in [0.2, 0.25) is 0 Å². The molecular formula is C13H11ClF3NO3. The summed E-state index contributed by atoms with van der Waals surface area (Å²) >= 11 is 5.60. The number of esters is 1. The minimum Gasteiger partial charge on any atom is -0.466 e. The molecule has 0 heterocycles. The SMILES string of the molecule is CCOC(=O)Cc1ccc(OC(F)(F)F)c(CCl)c1C#N. The topological polar surface area (TPSA) is 59.3 Å². The second-order valence-electron chi connectivity index (χ2n) is 3.85. The van der Waals surface area contributed by atoms with Crippen molar-refractivity contribution in [2.24, 2.45) is 0 Å². The van der Waals surface area contributed by atoms with Gasteiger partial charge in [-0.1, -0.05) is 6.07 Å². The maximum atomic E-state index is 12.3. The van der Waals surface area contributed by atoms with Gasteiger partial charge in [-0.25, -0.2) is 0 Å². The highest BCUT2D eigenvalue weighted by Gasteiger charge is 2.33. The van der Waals surface area contributed by atoms with E-state index in [-0.39, 0.29) is 35.6 Å². The standard InChI is InChI=1S/C13H11ClF3NO3/c1-2-20-12(19)5-8-3-4-11(21-13(15,16)17)9(6-14)10(8)7-18/h3-4H,2,5-6H2,1H3. The molecule has 1 aromatic carbocycles. The molecule has 0 atom stereocenters. The summed E-state index contributed by atoms with van der Waals surface area (Å²) in [6, 6.07) is 3.99. The Kier molecular flexibility index (Phi) is 5.85. The first-order valence-corrected chi connectivity index (χ1v) is 6.38. The van der Waals surface area contributed by atoms with Crippen LogP contribution in [0.3, 0.4) is 0 Å². The number of nitrogens with zero attached hydrogens (tertiary/aromatic N) is 1. The van der Waals surface area contributed by atoms with E-state index >= 15 is 0 Å². The number of alkyl halides is 4. The fourth-order valence-electron chi connectivity index (χ4n) is 1.68. The highest BCUT2D eigenvalue weighted by atomic mass is 35.5. The molecular weight excluding hydrogens is 311 g/mol. The van der Waals surface area contributed by atoms with Crippen molar-refractivity contribution in [3.63, 3.8) is 0 Å². The molecule has 0 spiro atoms. The summed E-state index contributed by atoms with van der Waals surface area (Å²) in [7, 11) is 0. The third kappa shape index (κ3) is 4.83. The number of hydrogen-bond donors (Lipinski definition) is 0. The van der Waals surface area contributed by atoms with E-state index in [1.165, 1.54) is 6.07 Å². The number of halogens is 4. The van der Waals surface area contributed by atoms with E-state index in [0.717, 1.165) is 6.07 Å². The molecule has 0 aromatic heterocycles. The van der Waals surface area contributed by atoms with Crippen LogP contribution in [0, 0.1) is 11.3 Å². The van der Waals surface area contributed by atoms with E-state index < -0.39 is 18.1 Å². The molecule has 4 nitrogen and oxygen atoms in total. The van der Waals surface area contributed by atoms with Crippen LogP contribution in [0.1, 0.15) is 23.6 Å². The lowest BCUT2D eigenvalue weighted by Gasteiger charge is -2.15. The highest BCUT2D eigenvalue weighted by Crippen LogP contribution is 2.31. The molecule has 0 amide bonds. The zero-order chi connectivity index (χ0) is 16.0. The van der Waals surface area contributed by atoms with Crippen LogP contribution in [0.25, 0.3) is 0 Å². The average molecular weight is 322 g/mol. The van der Waals surface area contributed by atoms with Crippen molar-refractivity contribution in [2.45, 2.75) is 25.6 Å². The van der Waals surface area contributed by atoms with Gasteiger partial charge in [0.05, 0.1) is 30.5 Å². The lowest BCUT2D eigenvalue weighted by atomic mass is 9.99. The molecule has 0 aliphatic carbocycles. The Morgan fingerprint density at radius 2 is 2.10 bits per heavy atom. The predicted molar refractivity (Wildman–Crippen MR) is 67.7 cm³/mol. The zero-order valence-corrected chi connectivity index (χ0v) is 11.7. The van der Waals surface area contributed by atoms with Crippen LogP contribution in [-0.4, -0.2) is 18.9 Å². The van der Waals surface area contributed by atoms with Gasteiger partial charge in [-0.2, -0.15) is 5.26 Å². The fourth-order valence-corrected chi connectivity index (χ4v) is 1.95. The highest BCUT2D eigenvalue weighted by molar-refractivity contribution is 6.17. The zero-order valence-electron chi connectivity index (χ0n) is 11.0. The van der Waals surface area contributed by atoms with Crippen LogP contribution in [0.5, 0.6) is 5.75 Å². The molecule has 0 aliphatic rings. The van der Waals surface area contributed by atoms with E-state index in [2.05, 4.69) is 4.74 Å². The number of rotatable bonds is 5. The number of carbonyl (C=O) groups is 1. The van der Waals surface area contributed by atoms with Crippen LogP contribution >= 0.6 is 11.6 Å². The minimum atomic E-state index is -4.89. The lowest BCUT2D eigenvalue weighted by Crippen LogP contribution is -2.19. The summed E-state index contributed by atoms with van der Waals surface area (Å²) in [6.45, 7) is 1.78. The summed E-state index contributed by atoms with van der Waals surface area (Å²) in [5, 5.41) is 9.10. The van der Waals surface area contributed by atoms with Crippen molar-refractivity contribution < 1.29 is 27.4 Å². The first kappa shape index (κ1) is 17.1. The predicted octanol–water partition coefficient (Wildman–Crippen LogP) is 3.30. The lowest BCUT2D eigenvalue weighted by molar-refractivity contribution is -0.274. The van der Waals surface area contributed by atoms with E-state index in [1.807, 2.05) is 0 Å². The van der Waals surface area contributed by atoms with Crippen molar-refractivity contribution >= 4 is 17.6 Å². The van der Waals surface area contributed by atoms with Crippen molar-refractivity contribution in [3.05, 3.63) is 28.8 Å². The van der Waals surface area contributed by atoms with E-state index in [4.69, 9.17) is 21.6 Å². The quantitative estimate of drug-likeness (QED) is 0.616. The van der Waals surface area contributed by atoms with Gasteiger partial charge in [0, 0.05) is 5.56 Å². The Morgan fingerprint density at radius 1 is 1.43 bits per heavy atom. The smallest absolute Gasteiger partial charge is 0.466 e. The maximum absolute atomic E-state index is 12.3. The Hall–Kier alpha value is -1.94. The van der Waals surface area contributed by atoms with Crippen molar-refractivity contribution in [2.75, 3.05) is 6.61 Å². The van der Waals surface area contributed by atoms with Gasteiger partial charge in [0.25, 0.3) is 0 Å². The van der Waals surface area contributed by atoms with Gasteiger partial charge in [-0.05, 0) is 18.6 Å². The molecule has 1 aromatic rings. The van der Waals surface area contributed by atoms with Crippen LogP contribution in [-0.2, 0) is 21.8 Å². The molecule has 8 heteroatoms. The number of ether oxygens (including phenoxy) is 2. The van der Waals surface area contributed by atoms with Gasteiger partial charge >= 0.3 is 12.3 Å². The van der Waals surface area contributed by atoms with E-state index in [1.54, 1.807) is 13.0 Å². The molecule has 1 rings (SSSR count). The van der Waals surface area contributed by atoms with Crippen molar-refractivity contribution in [1.29, 1.82) is 5.26 Å². The van der Waals surface area contributed by atoms with E-state index in [9.17, 15) is 18.0 Å². The average Bonchev–Trinajstić information content (AvgIpc) is 2.38. The summed E-state index contributed by atoms with van der Waals surface area (Å²) in [5.41, 5.74) is 0.0132. The van der Waals surface area contributed by atoms with Crippen LogP contribution in [0.15, 0.2) is 12.1 Å². The first-order chi connectivity index (χ1) is 9.82. The number of carbonyl (C=O) groups excluding carboxylic acids is 1. The molecule has 0 unspecified atom stereocenters. The molecule has 0 bridgehead atoms. The van der Waals surface area contributed by atoms with Gasteiger partial charge in [-0.15, -0.1) is 24.8 Å². The summed E-state index contributed by atoms with van der Waals surface area (Å²) < 4.78 is 45.4. The number of nitriles is 1. The normalized spacial score (nSPS) is 10.9. The van der Waals surface area contributed by atoms with Crippen LogP contribution in [0.2, 0.25) is 0 Å². The first-order valence-electron chi connectivity index (χ1n) is 5.84. The number of benzene rings is 1. The minimum absolute atomic E-state index is 0.111. The summed E-state index contributed by atoms with van der Waals surface area (Å²) in [4.78, 5) is 11.4. The summed E-state index contributed by atoms with van der Waals surface area (Å²) in [5.74, 6) is -1.49. The molecule has 21 heavy (non-hydrogen) atoms. The number of hydrogen-bond acceptors (Lipinski definition) is 4. The third-order valence-electron chi connectivity index (χ3n) is 2.47. The van der Waals surface area contributed by atoms with Gasteiger partial charge < -0.3 is 9.47 Å². The van der Waals surface area contributed by atoms with E-state index in [0.29, 0.717) is 0 Å². The molecule has 0 saturated carbocycles. The monoisotopic (exact) mass is 321 g/mol. The fraction of sp³-hybridized carbons (Fsp3) is 0.385. The molecule has 0 N–H and O–H groups in total. The van der Waals surface area contributed by atoms with Gasteiger partial charge in [0.15, 0.2) is 0 Å². The summed E-state index contributed by atoms with van der Waals surface area (Å²) in [6.07, 6.45) is -5.12. The van der Waals surface area contributed by atoms with Crippen molar-refractivity contribution in [1.82, 2.24) is 0 Å². The Bertz CT molecular complexity index is 567. The molecule has 0 saturated heterocycles. The van der Waals surface area contributed by atoms with Gasteiger partial charge in [0.1, 0.15) is 5.75 Å². The van der Waals surface area contributed by atoms with Crippen LogP contribution in [0.4, 0.5) is 13.2 Å². The maximum Gasteiger partial charge on any atom is 0.573 e.